The SMILES string of the molecule is CC1CCN(C(=O)C(C)(C)F)C1. The second-order valence-corrected chi connectivity index (χ2v) is 4.12. The van der Waals surface area contributed by atoms with E-state index < -0.39 is 5.67 Å². The van der Waals surface area contributed by atoms with Crippen molar-refractivity contribution in [1.29, 1.82) is 0 Å². The molecule has 1 atom stereocenters. The third-order valence-corrected chi connectivity index (χ3v) is 2.22. The lowest BCUT2D eigenvalue weighted by Crippen LogP contribution is -2.41. The van der Waals surface area contributed by atoms with E-state index in [0.717, 1.165) is 6.42 Å². The van der Waals surface area contributed by atoms with Crippen molar-refractivity contribution in [3.8, 4) is 0 Å². The highest BCUT2D eigenvalue weighted by molar-refractivity contribution is 5.84. The van der Waals surface area contributed by atoms with Gasteiger partial charge in [0.2, 0.25) is 0 Å². The summed E-state index contributed by atoms with van der Waals surface area (Å²) in [6.07, 6.45) is 1.00. The lowest BCUT2D eigenvalue weighted by atomic mass is 10.1. The molecule has 70 valence electrons. The van der Waals surface area contributed by atoms with E-state index in [4.69, 9.17) is 0 Å². The number of alkyl halides is 1. The Bertz CT molecular complexity index is 185. The van der Waals surface area contributed by atoms with Gasteiger partial charge in [-0.05, 0) is 26.2 Å². The van der Waals surface area contributed by atoms with Crippen molar-refractivity contribution in [2.75, 3.05) is 13.1 Å². The largest absolute Gasteiger partial charge is 0.340 e. The predicted molar refractivity (Wildman–Crippen MR) is 45.5 cm³/mol. The molecule has 12 heavy (non-hydrogen) atoms. The number of rotatable bonds is 1. The van der Waals surface area contributed by atoms with Gasteiger partial charge in [-0.25, -0.2) is 4.39 Å². The molecule has 1 fully saturated rings. The first-order valence-corrected chi connectivity index (χ1v) is 4.39. The highest BCUT2D eigenvalue weighted by Gasteiger charge is 2.34. The minimum atomic E-state index is -1.70. The minimum absolute atomic E-state index is 0.369. The van der Waals surface area contributed by atoms with Gasteiger partial charge >= 0.3 is 0 Å². The van der Waals surface area contributed by atoms with E-state index in [9.17, 15) is 9.18 Å². The van der Waals surface area contributed by atoms with Crippen LogP contribution < -0.4 is 0 Å². The predicted octanol–water partition coefficient (Wildman–Crippen LogP) is 1.60. The molecule has 0 aromatic heterocycles. The summed E-state index contributed by atoms with van der Waals surface area (Å²) in [6, 6.07) is 0. The molecule has 1 rings (SSSR count). The van der Waals surface area contributed by atoms with Crippen molar-refractivity contribution in [1.82, 2.24) is 4.90 Å². The van der Waals surface area contributed by atoms with Crippen LogP contribution in [0.1, 0.15) is 27.2 Å². The van der Waals surface area contributed by atoms with Gasteiger partial charge in [0.25, 0.3) is 5.91 Å². The van der Waals surface area contributed by atoms with Crippen LogP contribution in [0.2, 0.25) is 0 Å². The second kappa shape index (κ2) is 3.04. The Morgan fingerprint density at radius 3 is 2.50 bits per heavy atom. The van der Waals surface area contributed by atoms with Crippen molar-refractivity contribution in [3.63, 3.8) is 0 Å². The lowest BCUT2D eigenvalue weighted by Gasteiger charge is -2.22. The fourth-order valence-electron chi connectivity index (χ4n) is 1.50. The molecule has 3 heteroatoms. The van der Waals surface area contributed by atoms with Crippen molar-refractivity contribution in [2.24, 2.45) is 5.92 Å². The van der Waals surface area contributed by atoms with Gasteiger partial charge in [-0.1, -0.05) is 6.92 Å². The van der Waals surface area contributed by atoms with Gasteiger partial charge < -0.3 is 4.90 Å². The van der Waals surface area contributed by atoms with Gasteiger partial charge in [0.05, 0.1) is 0 Å². The zero-order valence-corrected chi connectivity index (χ0v) is 7.93. The third kappa shape index (κ3) is 1.96. The van der Waals surface area contributed by atoms with Gasteiger partial charge in [-0.2, -0.15) is 0 Å². The van der Waals surface area contributed by atoms with Gasteiger partial charge in [0, 0.05) is 13.1 Å². The van der Waals surface area contributed by atoms with E-state index in [-0.39, 0.29) is 5.91 Å². The molecule has 0 aromatic carbocycles. The van der Waals surface area contributed by atoms with Crippen molar-refractivity contribution in [3.05, 3.63) is 0 Å². The summed E-state index contributed by atoms with van der Waals surface area (Å²) in [4.78, 5) is 13.0. The van der Waals surface area contributed by atoms with Crippen molar-refractivity contribution in [2.45, 2.75) is 32.9 Å². The molecule has 1 aliphatic rings. The first kappa shape index (κ1) is 9.49. The van der Waals surface area contributed by atoms with E-state index in [0.29, 0.717) is 19.0 Å². The number of carbonyl (C=O) groups is 1. The Morgan fingerprint density at radius 1 is 1.58 bits per heavy atom. The number of likely N-dealkylation sites (tertiary alicyclic amines) is 1. The number of amides is 1. The van der Waals surface area contributed by atoms with Gasteiger partial charge in [0.1, 0.15) is 0 Å². The molecular weight excluding hydrogens is 157 g/mol. The van der Waals surface area contributed by atoms with Crippen LogP contribution in [0.3, 0.4) is 0 Å². The normalized spacial score (nSPS) is 24.7. The monoisotopic (exact) mass is 173 g/mol. The van der Waals surface area contributed by atoms with Crippen LogP contribution in [0.5, 0.6) is 0 Å². The van der Waals surface area contributed by atoms with Gasteiger partial charge in [0.15, 0.2) is 5.67 Å². The summed E-state index contributed by atoms with van der Waals surface area (Å²) in [5.74, 6) is 0.156. The van der Waals surface area contributed by atoms with E-state index in [2.05, 4.69) is 6.92 Å². The Balaban J connectivity index is 2.55. The molecule has 0 spiro atoms. The van der Waals surface area contributed by atoms with Crippen LogP contribution in [0.4, 0.5) is 4.39 Å². The first-order valence-electron chi connectivity index (χ1n) is 4.39. The van der Waals surface area contributed by atoms with Crippen LogP contribution in [0.25, 0.3) is 0 Å². The number of nitrogens with zero attached hydrogens (tertiary/aromatic N) is 1. The molecule has 1 saturated heterocycles. The molecule has 1 heterocycles. The number of carbonyl (C=O) groups excluding carboxylic acids is 1. The topological polar surface area (TPSA) is 20.3 Å². The van der Waals surface area contributed by atoms with E-state index in [1.807, 2.05) is 0 Å². The smallest absolute Gasteiger partial charge is 0.259 e. The Kier molecular flexibility index (Phi) is 2.40. The third-order valence-electron chi connectivity index (χ3n) is 2.22. The average Bonchev–Trinajstić information content (AvgIpc) is 2.32. The summed E-state index contributed by atoms with van der Waals surface area (Å²) >= 11 is 0. The van der Waals surface area contributed by atoms with Crippen LogP contribution in [0, 0.1) is 5.92 Å². The molecule has 0 aromatic rings. The summed E-state index contributed by atoms with van der Waals surface area (Å²) in [5.41, 5.74) is -1.70. The van der Waals surface area contributed by atoms with Crippen molar-refractivity contribution < 1.29 is 9.18 Å². The van der Waals surface area contributed by atoms with E-state index >= 15 is 0 Å². The quantitative estimate of drug-likeness (QED) is 0.590. The summed E-state index contributed by atoms with van der Waals surface area (Å²) < 4.78 is 13.2. The molecule has 0 aliphatic carbocycles. The Morgan fingerprint density at radius 2 is 2.17 bits per heavy atom. The molecular formula is C9H16FNO. The summed E-state index contributed by atoms with van der Waals surface area (Å²) in [7, 11) is 0. The number of hydrogen-bond donors (Lipinski definition) is 0. The van der Waals surface area contributed by atoms with Crippen LogP contribution >= 0.6 is 0 Å². The molecule has 2 nitrogen and oxygen atoms in total. The molecule has 0 saturated carbocycles. The lowest BCUT2D eigenvalue weighted by molar-refractivity contribution is -0.140. The highest BCUT2D eigenvalue weighted by Crippen LogP contribution is 2.20. The number of hydrogen-bond acceptors (Lipinski definition) is 1. The zero-order chi connectivity index (χ0) is 9.35. The average molecular weight is 173 g/mol. The van der Waals surface area contributed by atoms with Crippen molar-refractivity contribution >= 4 is 5.91 Å². The maximum atomic E-state index is 13.2. The fraction of sp³-hybridized carbons (Fsp3) is 0.889. The Hall–Kier alpha value is -0.600. The first-order chi connectivity index (χ1) is 5.41. The minimum Gasteiger partial charge on any atom is -0.340 e. The Labute approximate surface area is 72.7 Å². The maximum absolute atomic E-state index is 13.2. The molecule has 0 bridgehead atoms. The summed E-state index contributed by atoms with van der Waals surface area (Å²) in [6.45, 7) is 6.15. The molecule has 1 aliphatic heterocycles. The molecule has 0 N–H and O–H groups in total. The highest BCUT2D eigenvalue weighted by atomic mass is 19.1. The van der Waals surface area contributed by atoms with Crippen LogP contribution in [-0.4, -0.2) is 29.6 Å². The van der Waals surface area contributed by atoms with Crippen LogP contribution in [0.15, 0.2) is 0 Å². The number of halogens is 1. The van der Waals surface area contributed by atoms with Gasteiger partial charge in [-0.3, -0.25) is 4.79 Å². The fourth-order valence-corrected chi connectivity index (χ4v) is 1.50. The molecule has 1 amide bonds. The van der Waals surface area contributed by atoms with Gasteiger partial charge in [-0.15, -0.1) is 0 Å². The molecule has 1 unspecified atom stereocenters. The standard InChI is InChI=1S/C9H16FNO/c1-7-4-5-11(6-7)8(12)9(2,3)10/h7H,4-6H2,1-3H3. The van der Waals surface area contributed by atoms with E-state index in [1.165, 1.54) is 13.8 Å². The van der Waals surface area contributed by atoms with Crippen LogP contribution in [-0.2, 0) is 4.79 Å². The summed E-state index contributed by atoms with van der Waals surface area (Å²) in [5, 5.41) is 0. The van der Waals surface area contributed by atoms with E-state index in [1.54, 1.807) is 4.90 Å². The molecule has 0 radical (unpaired) electrons. The maximum Gasteiger partial charge on any atom is 0.259 e. The second-order valence-electron chi connectivity index (χ2n) is 4.12. The zero-order valence-electron chi connectivity index (χ0n) is 7.93.